The summed E-state index contributed by atoms with van der Waals surface area (Å²) in [5.74, 6) is -0.187. The Kier molecular flexibility index (Phi) is 7.13. The number of rotatable bonds is 8. The zero-order valence-corrected chi connectivity index (χ0v) is 17.5. The first-order valence-electron chi connectivity index (χ1n) is 9.42. The first-order valence-corrected chi connectivity index (χ1v) is 10.2. The number of ether oxygens (including phenoxy) is 2. The minimum atomic E-state index is -0.929. The number of hydrogen-bond acceptors (Lipinski definition) is 6. The molecule has 1 saturated heterocycles. The van der Waals surface area contributed by atoms with Crippen molar-refractivity contribution >= 4 is 40.6 Å². The molecule has 7 nitrogen and oxygen atoms in total. The van der Waals surface area contributed by atoms with Crippen LogP contribution in [0.4, 0.5) is 5.69 Å². The molecule has 0 spiro atoms. The van der Waals surface area contributed by atoms with Crippen molar-refractivity contribution in [3.8, 4) is 11.5 Å². The molecule has 2 N–H and O–H groups in total. The minimum absolute atomic E-state index is 0.0485. The van der Waals surface area contributed by atoms with Gasteiger partial charge in [0.1, 0.15) is 0 Å². The smallest absolute Gasteiger partial charge is 0.306 e. The second kappa shape index (κ2) is 9.98. The van der Waals surface area contributed by atoms with E-state index in [4.69, 9.17) is 14.6 Å². The molecular weight excluding hydrogens is 404 g/mol. The summed E-state index contributed by atoms with van der Waals surface area (Å²) < 4.78 is 11.1. The molecule has 2 aromatic rings. The van der Waals surface area contributed by atoms with Crippen molar-refractivity contribution in [1.29, 1.82) is 0 Å². The lowest BCUT2D eigenvalue weighted by Gasteiger charge is -2.12. The number of carbonyl (C=O) groups is 2. The predicted molar refractivity (Wildman–Crippen MR) is 117 cm³/mol. The largest absolute Gasteiger partial charge is 0.490 e. The first-order chi connectivity index (χ1) is 14.4. The average molecular weight is 426 g/mol. The molecule has 8 heteroatoms. The van der Waals surface area contributed by atoms with E-state index < -0.39 is 5.97 Å². The normalized spacial score (nSPS) is 16.0. The van der Waals surface area contributed by atoms with Crippen LogP contribution >= 0.6 is 11.8 Å². The lowest BCUT2D eigenvalue weighted by Crippen LogP contribution is -2.19. The van der Waals surface area contributed by atoms with Gasteiger partial charge in [-0.1, -0.05) is 18.2 Å². The summed E-state index contributed by atoms with van der Waals surface area (Å²) in [4.78, 5) is 28.0. The Morgan fingerprint density at radius 3 is 2.77 bits per heavy atom. The third-order valence-corrected chi connectivity index (χ3v) is 4.93. The number of carboxylic acid groups (broad SMARTS) is 1. The zero-order valence-electron chi connectivity index (χ0n) is 16.7. The van der Waals surface area contributed by atoms with E-state index in [1.807, 2.05) is 38.1 Å². The maximum Gasteiger partial charge on any atom is 0.306 e. The van der Waals surface area contributed by atoms with Gasteiger partial charge in [-0.2, -0.15) is 0 Å². The molecule has 2 aromatic carbocycles. The van der Waals surface area contributed by atoms with Crippen LogP contribution in [-0.2, 0) is 9.59 Å². The highest BCUT2D eigenvalue weighted by atomic mass is 32.2. The Morgan fingerprint density at radius 2 is 2.03 bits per heavy atom. The molecule has 0 radical (unpaired) electrons. The second-order valence-electron chi connectivity index (χ2n) is 6.45. The van der Waals surface area contributed by atoms with E-state index in [0.29, 0.717) is 28.2 Å². The van der Waals surface area contributed by atoms with Crippen molar-refractivity contribution < 1.29 is 24.2 Å². The van der Waals surface area contributed by atoms with Crippen LogP contribution in [0.2, 0.25) is 0 Å². The van der Waals surface area contributed by atoms with E-state index in [0.717, 1.165) is 16.8 Å². The third-order valence-electron chi connectivity index (χ3n) is 4.02. The molecule has 0 saturated carbocycles. The van der Waals surface area contributed by atoms with E-state index in [-0.39, 0.29) is 18.9 Å². The Morgan fingerprint density at radius 1 is 1.20 bits per heavy atom. The number of benzene rings is 2. The summed E-state index contributed by atoms with van der Waals surface area (Å²) in [7, 11) is 0. The van der Waals surface area contributed by atoms with E-state index in [9.17, 15) is 9.59 Å². The van der Waals surface area contributed by atoms with Crippen molar-refractivity contribution in [3.63, 3.8) is 0 Å². The highest BCUT2D eigenvalue weighted by molar-refractivity contribution is 8.18. The van der Waals surface area contributed by atoms with Gasteiger partial charge in [-0.25, -0.2) is 4.99 Å². The van der Waals surface area contributed by atoms with Crippen molar-refractivity contribution in [1.82, 2.24) is 5.32 Å². The molecule has 1 heterocycles. The standard InChI is InChI=1S/C22H22N2O5S/c1-3-28-18-12-15(7-8-17(18)29-10-9-20(25)26)13-19-21(27)24-22(30-19)23-16-6-4-5-14(2)11-16/h4-8,11-13H,3,9-10H2,1-2H3,(H,25,26)(H,23,24,27)/b19-13+. The van der Waals surface area contributed by atoms with Gasteiger partial charge in [0.05, 0.1) is 30.2 Å². The maximum absolute atomic E-state index is 12.3. The van der Waals surface area contributed by atoms with Gasteiger partial charge in [0, 0.05) is 0 Å². The van der Waals surface area contributed by atoms with Gasteiger partial charge < -0.3 is 19.9 Å². The Balaban J connectivity index is 1.77. The van der Waals surface area contributed by atoms with Crippen LogP contribution in [0.15, 0.2) is 52.4 Å². The van der Waals surface area contributed by atoms with Gasteiger partial charge in [-0.15, -0.1) is 0 Å². The highest BCUT2D eigenvalue weighted by Crippen LogP contribution is 2.32. The van der Waals surface area contributed by atoms with Gasteiger partial charge in [0.25, 0.3) is 5.91 Å². The molecule has 0 bridgehead atoms. The van der Waals surface area contributed by atoms with E-state index >= 15 is 0 Å². The number of aliphatic carboxylic acids is 1. The fraction of sp³-hybridized carbons (Fsp3) is 0.227. The molecule has 0 aliphatic carbocycles. The lowest BCUT2D eigenvalue weighted by molar-refractivity contribution is -0.137. The molecule has 0 unspecified atom stereocenters. The fourth-order valence-electron chi connectivity index (χ4n) is 2.70. The van der Waals surface area contributed by atoms with Gasteiger partial charge in [0.15, 0.2) is 16.7 Å². The number of aliphatic imine (C=N–C) groups is 1. The summed E-state index contributed by atoms with van der Waals surface area (Å²) in [6.07, 6.45) is 1.65. The van der Waals surface area contributed by atoms with Crippen molar-refractivity contribution in [2.24, 2.45) is 4.99 Å². The number of carbonyl (C=O) groups excluding carboxylic acids is 1. The zero-order chi connectivity index (χ0) is 21.5. The summed E-state index contributed by atoms with van der Waals surface area (Å²) in [5, 5.41) is 12.1. The highest BCUT2D eigenvalue weighted by Gasteiger charge is 2.24. The minimum Gasteiger partial charge on any atom is -0.490 e. The lowest BCUT2D eigenvalue weighted by atomic mass is 10.2. The van der Waals surface area contributed by atoms with Crippen LogP contribution in [-0.4, -0.2) is 35.4 Å². The van der Waals surface area contributed by atoms with E-state index in [1.54, 1.807) is 24.3 Å². The van der Waals surface area contributed by atoms with Crippen LogP contribution in [0.1, 0.15) is 24.5 Å². The van der Waals surface area contributed by atoms with Crippen LogP contribution in [0.5, 0.6) is 11.5 Å². The predicted octanol–water partition coefficient (Wildman–Crippen LogP) is 4.14. The van der Waals surface area contributed by atoms with Crippen LogP contribution in [0.25, 0.3) is 6.08 Å². The van der Waals surface area contributed by atoms with Crippen molar-refractivity contribution in [3.05, 3.63) is 58.5 Å². The van der Waals surface area contributed by atoms with Crippen LogP contribution in [0.3, 0.4) is 0 Å². The van der Waals surface area contributed by atoms with Gasteiger partial charge in [-0.05, 0) is 67.1 Å². The van der Waals surface area contributed by atoms with Crippen LogP contribution < -0.4 is 14.8 Å². The third kappa shape index (κ3) is 5.87. The van der Waals surface area contributed by atoms with Gasteiger partial charge in [0.2, 0.25) is 0 Å². The van der Waals surface area contributed by atoms with Crippen LogP contribution in [0, 0.1) is 6.92 Å². The molecule has 1 aliphatic heterocycles. The summed E-state index contributed by atoms with van der Waals surface area (Å²) in [6, 6.07) is 13.0. The fourth-order valence-corrected chi connectivity index (χ4v) is 3.54. The Labute approximate surface area is 178 Å². The van der Waals surface area contributed by atoms with Gasteiger partial charge >= 0.3 is 5.97 Å². The second-order valence-corrected chi connectivity index (χ2v) is 7.48. The summed E-state index contributed by atoms with van der Waals surface area (Å²) in [6.45, 7) is 4.31. The molecule has 156 valence electrons. The average Bonchev–Trinajstić information content (AvgIpc) is 3.02. The topological polar surface area (TPSA) is 97.2 Å². The number of amidine groups is 1. The molecular formula is C22H22N2O5S. The number of amides is 1. The molecule has 3 rings (SSSR count). The number of thioether (sulfide) groups is 1. The monoisotopic (exact) mass is 426 g/mol. The van der Waals surface area contributed by atoms with Gasteiger partial charge in [-0.3, -0.25) is 9.59 Å². The summed E-state index contributed by atoms with van der Waals surface area (Å²) in [5.41, 5.74) is 2.63. The molecule has 1 aliphatic rings. The summed E-state index contributed by atoms with van der Waals surface area (Å²) >= 11 is 1.27. The number of nitrogens with one attached hydrogen (secondary N) is 1. The first kappa shape index (κ1) is 21.4. The number of carboxylic acids is 1. The SMILES string of the molecule is CCOc1cc(/C=C2/SC(=Nc3cccc(C)c3)NC2=O)ccc1OCCC(=O)O. The maximum atomic E-state index is 12.3. The van der Waals surface area contributed by atoms with Crippen molar-refractivity contribution in [2.75, 3.05) is 13.2 Å². The number of aryl methyl sites for hydroxylation is 1. The Hall–Kier alpha value is -3.26. The van der Waals surface area contributed by atoms with E-state index in [1.165, 1.54) is 11.8 Å². The Bertz CT molecular complexity index is 1020. The molecule has 0 aromatic heterocycles. The molecule has 30 heavy (non-hydrogen) atoms. The van der Waals surface area contributed by atoms with E-state index in [2.05, 4.69) is 10.3 Å². The molecule has 1 fully saturated rings. The number of nitrogens with zero attached hydrogens (tertiary/aromatic N) is 1. The quantitative estimate of drug-likeness (QED) is 0.616. The molecule has 1 amide bonds. The van der Waals surface area contributed by atoms with Crippen molar-refractivity contribution in [2.45, 2.75) is 20.3 Å². The number of hydrogen-bond donors (Lipinski definition) is 2. The molecule has 0 atom stereocenters.